The second kappa shape index (κ2) is 8.11. The van der Waals surface area contributed by atoms with Gasteiger partial charge < -0.3 is 10.3 Å². The number of carbonyl (C=O) groups is 1. The average molecular weight is 436 g/mol. The van der Waals surface area contributed by atoms with Crippen molar-refractivity contribution in [1.29, 1.82) is 0 Å². The molecule has 0 spiro atoms. The van der Waals surface area contributed by atoms with Crippen molar-refractivity contribution in [2.45, 2.75) is 38.3 Å². The van der Waals surface area contributed by atoms with Crippen molar-refractivity contribution in [2.75, 3.05) is 0 Å². The Kier molecular flexibility index (Phi) is 5.15. The van der Waals surface area contributed by atoms with E-state index in [1.165, 1.54) is 12.1 Å². The zero-order valence-electron chi connectivity index (χ0n) is 16.8. The van der Waals surface area contributed by atoms with Crippen LogP contribution in [0.2, 0.25) is 0 Å². The predicted octanol–water partition coefficient (Wildman–Crippen LogP) is 4.81. The number of aryl methyl sites for hydroxylation is 1. The molecule has 31 heavy (non-hydrogen) atoms. The molecule has 6 nitrogen and oxygen atoms in total. The van der Waals surface area contributed by atoms with E-state index in [-0.39, 0.29) is 11.7 Å². The Balaban J connectivity index is 1.32. The fourth-order valence-corrected chi connectivity index (χ4v) is 4.30. The van der Waals surface area contributed by atoms with E-state index in [1.807, 2.05) is 28.8 Å². The summed E-state index contributed by atoms with van der Waals surface area (Å²) in [6.07, 6.45) is 3.10. The number of nitrogens with one attached hydrogen (secondary N) is 3. The summed E-state index contributed by atoms with van der Waals surface area (Å²) in [7, 11) is 0. The number of aromatic amines is 2. The van der Waals surface area contributed by atoms with E-state index < -0.39 is 0 Å². The molecular formula is C23H22FN5OS. The summed E-state index contributed by atoms with van der Waals surface area (Å²) < 4.78 is 16.0. The van der Waals surface area contributed by atoms with Gasteiger partial charge in [-0.15, -0.1) is 0 Å². The topological polar surface area (TPSA) is 78.5 Å². The van der Waals surface area contributed by atoms with Crippen molar-refractivity contribution in [3.8, 4) is 11.3 Å². The molecule has 1 aliphatic carbocycles. The maximum Gasteiger partial charge on any atom is 0.220 e. The average Bonchev–Trinajstić information content (AvgIpc) is 3.44. The van der Waals surface area contributed by atoms with E-state index in [4.69, 9.17) is 12.2 Å². The summed E-state index contributed by atoms with van der Waals surface area (Å²) >= 11 is 5.29. The molecule has 1 aliphatic rings. The van der Waals surface area contributed by atoms with Gasteiger partial charge in [-0.1, -0.05) is 18.2 Å². The zero-order chi connectivity index (χ0) is 21.4. The molecule has 0 atom stereocenters. The van der Waals surface area contributed by atoms with Gasteiger partial charge in [-0.2, -0.15) is 5.10 Å². The smallest absolute Gasteiger partial charge is 0.220 e. The molecule has 2 aromatic carbocycles. The van der Waals surface area contributed by atoms with E-state index in [0.29, 0.717) is 30.2 Å². The lowest BCUT2D eigenvalue weighted by atomic mass is 10.0. The second-order valence-electron chi connectivity index (χ2n) is 7.85. The largest absolute Gasteiger partial charge is 0.354 e. The van der Waals surface area contributed by atoms with Gasteiger partial charge in [0.2, 0.25) is 5.91 Å². The molecular weight excluding hydrogens is 413 g/mol. The molecule has 0 radical (unpaired) electrons. The van der Waals surface area contributed by atoms with Crippen LogP contribution in [0.4, 0.5) is 4.39 Å². The monoisotopic (exact) mass is 435 g/mol. The fraction of sp³-hybridized carbons (Fsp3) is 0.261. The van der Waals surface area contributed by atoms with Crippen LogP contribution in [0.5, 0.6) is 0 Å². The standard InChI is InChI=1S/C23H22FN5OS/c24-15-7-5-14(6-8-15)22-18(17-3-1-2-4-19(17)26-22)11-12-21(30)25-13-20-27-28-23(31)29(20)16-9-10-16/h1-8,16,26H,9-13H2,(H,25,30)(H,28,31). The number of amides is 1. The highest BCUT2D eigenvalue weighted by molar-refractivity contribution is 7.71. The van der Waals surface area contributed by atoms with Gasteiger partial charge in [-0.3, -0.25) is 14.5 Å². The molecule has 3 N–H and O–H groups in total. The van der Waals surface area contributed by atoms with Crippen molar-refractivity contribution >= 4 is 29.0 Å². The van der Waals surface area contributed by atoms with Gasteiger partial charge >= 0.3 is 0 Å². The Bertz CT molecular complexity index is 1300. The Labute approximate surface area is 183 Å². The Morgan fingerprint density at radius 1 is 1.19 bits per heavy atom. The van der Waals surface area contributed by atoms with E-state index in [1.54, 1.807) is 12.1 Å². The molecule has 1 saturated carbocycles. The van der Waals surface area contributed by atoms with Crippen LogP contribution < -0.4 is 5.32 Å². The first-order chi connectivity index (χ1) is 15.1. The minimum Gasteiger partial charge on any atom is -0.354 e. The van der Waals surface area contributed by atoms with Gasteiger partial charge in [-0.05, 0) is 72.9 Å². The van der Waals surface area contributed by atoms with Crippen molar-refractivity contribution in [3.63, 3.8) is 0 Å². The van der Waals surface area contributed by atoms with Gasteiger partial charge in [0.1, 0.15) is 5.82 Å². The van der Waals surface area contributed by atoms with Crippen molar-refractivity contribution in [2.24, 2.45) is 0 Å². The molecule has 1 fully saturated rings. The third-order valence-electron chi connectivity index (χ3n) is 5.68. The summed E-state index contributed by atoms with van der Waals surface area (Å²) in [6.45, 7) is 0.348. The van der Waals surface area contributed by atoms with E-state index >= 15 is 0 Å². The van der Waals surface area contributed by atoms with Crippen molar-refractivity contribution in [1.82, 2.24) is 25.1 Å². The first kappa shape index (κ1) is 19.7. The maximum atomic E-state index is 13.4. The minimum absolute atomic E-state index is 0.0494. The lowest BCUT2D eigenvalue weighted by molar-refractivity contribution is -0.121. The van der Waals surface area contributed by atoms with Crippen molar-refractivity contribution < 1.29 is 9.18 Å². The first-order valence-corrected chi connectivity index (χ1v) is 10.8. The molecule has 2 aromatic heterocycles. The Morgan fingerprint density at radius 2 is 1.97 bits per heavy atom. The molecule has 0 aliphatic heterocycles. The highest BCUT2D eigenvalue weighted by Gasteiger charge is 2.27. The highest BCUT2D eigenvalue weighted by atomic mass is 32.1. The number of nitrogens with zero attached hydrogens (tertiary/aromatic N) is 2. The van der Waals surface area contributed by atoms with Gasteiger partial charge in [0.25, 0.3) is 0 Å². The van der Waals surface area contributed by atoms with E-state index in [2.05, 4.69) is 20.5 Å². The number of halogens is 1. The summed E-state index contributed by atoms with van der Waals surface area (Å²) in [4.78, 5) is 16.0. The molecule has 2 heterocycles. The van der Waals surface area contributed by atoms with Crippen molar-refractivity contribution in [3.05, 3.63) is 70.5 Å². The van der Waals surface area contributed by atoms with E-state index in [0.717, 1.165) is 46.4 Å². The molecule has 8 heteroatoms. The maximum absolute atomic E-state index is 13.4. The number of rotatable bonds is 7. The van der Waals surface area contributed by atoms with Gasteiger partial charge in [-0.25, -0.2) is 4.39 Å². The van der Waals surface area contributed by atoms with Crippen LogP contribution in [0.3, 0.4) is 0 Å². The molecule has 0 saturated heterocycles. The molecule has 1 amide bonds. The lowest BCUT2D eigenvalue weighted by Gasteiger charge is -2.08. The number of H-pyrrole nitrogens is 2. The Hall–Kier alpha value is -3.26. The number of fused-ring (bicyclic) bond motifs is 1. The number of para-hydroxylation sites is 1. The van der Waals surface area contributed by atoms with Gasteiger partial charge in [0.05, 0.1) is 6.54 Å². The quantitative estimate of drug-likeness (QED) is 0.365. The van der Waals surface area contributed by atoms with E-state index in [9.17, 15) is 9.18 Å². The minimum atomic E-state index is -0.273. The number of benzene rings is 2. The molecule has 158 valence electrons. The van der Waals surface area contributed by atoms with Crippen LogP contribution in [-0.4, -0.2) is 25.7 Å². The predicted molar refractivity (Wildman–Crippen MR) is 120 cm³/mol. The van der Waals surface area contributed by atoms with Crippen LogP contribution in [0.1, 0.15) is 36.7 Å². The van der Waals surface area contributed by atoms with Gasteiger partial charge in [0.15, 0.2) is 10.6 Å². The number of hydrogen-bond acceptors (Lipinski definition) is 3. The third kappa shape index (κ3) is 4.03. The normalized spacial score (nSPS) is 13.6. The molecule has 0 unspecified atom stereocenters. The third-order valence-corrected chi connectivity index (χ3v) is 5.97. The highest BCUT2D eigenvalue weighted by Crippen LogP contribution is 2.35. The van der Waals surface area contributed by atoms with Crippen LogP contribution in [-0.2, 0) is 17.8 Å². The van der Waals surface area contributed by atoms with Crippen LogP contribution >= 0.6 is 12.2 Å². The lowest BCUT2D eigenvalue weighted by Crippen LogP contribution is -2.25. The number of hydrogen-bond donors (Lipinski definition) is 3. The zero-order valence-corrected chi connectivity index (χ0v) is 17.6. The number of carbonyl (C=O) groups excluding carboxylic acids is 1. The SMILES string of the molecule is O=C(CCc1c(-c2ccc(F)cc2)[nH]c2ccccc12)NCc1n[nH]c(=S)n1C1CC1. The van der Waals surface area contributed by atoms with Crippen LogP contribution in [0, 0.1) is 10.6 Å². The van der Waals surface area contributed by atoms with Crippen LogP contribution in [0.25, 0.3) is 22.2 Å². The fourth-order valence-electron chi connectivity index (χ4n) is 4.00. The summed E-state index contributed by atoms with van der Waals surface area (Å²) in [5.41, 5.74) is 3.87. The number of aromatic nitrogens is 4. The van der Waals surface area contributed by atoms with Crippen LogP contribution in [0.15, 0.2) is 48.5 Å². The Morgan fingerprint density at radius 3 is 2.74 bits per heavy atom. The summed E-state index contributed by atoms with van der Waals surface area (Å²) in [5, 5.41) is 11.1. The molecule has 5 rings (SSSR count). The van der Waals surface area contributed by atoms with Gasteiger partial charge in [0, 0.05) is 29.1 Å². The second-order valence-corrected chi connectivity index (χ2v) is 8.24. The summed E-state index contributed by atoms with van der Waals surface area (Å²) in [5.74, 6) is 0.441. The molecule has 0 bridgehead atoms. The first-order valence-electron chi connectivity index (χ1n) is 10.4. The molecule has 4 aromatic rings. The summed E-state index contributed by atoms with van der Waals surface area (Å²) in [6, 6.07) is 14.8.